The maximum absolute atomic E-state index is 12.6. The molecule has 0 saturated heterocycles. The summed E-state index contributed by atoms with van der Waals surface area (Å²) in [7, 11) is 0. The fourth-order valence-corrected chi connectivity index (χ4v) is 3.15. The van der Waals surface area contributed by atoms with Gasteiger partial charge in [-0.2, -0.15) is 0 Å². The maximum Gasteiger partial charge on any atom is 0.337 e. The summed E-state index contributed by atoms with van der Waals surface area (Å²) in [4.78, 5) is 34.1. The minimum atomic E-state index is -1.01. The fraction of sp³-hybridized carbons (Fsp3) is 0.158. The van der Waals surface area contributed by atoms with Crippen molar-refractivity contribution >= 4 is 17.6 Å². The van der Waals surface area contributed by atoms with Crippen molar-refractivity contribution in [1.29, 1.82) is 0 Å². The van der Waals surface area contributed by atoms with Crippen molar-refractivity contribution in [2.45, 2.75) is 0 Å². The van der Waals surface area contributed by atoms with Crippen molar-refractivity contribution in [3.05, 3.63) is 76.6 Å². The molecule has 6 heteroatoms. The van der Waals surface area contributed by atoms with E-state index in [4.69, 9.17) is 5.11 Å². The Balaban J connectivity index is 1.53. The lowest BCUT2D eigenvalue weighted by molar-refractivity contribution is 0.0695. The van der Waals surface area contributed by atoms with Crippen LogP contribution in [0.3, 0.4) is 0 Å². The molecule has 1 N–H and O–H groups in total. The van der Waals surface area contributed by atoms with E-state index in [1.165, 1.54) is 12.3 Å². The Labute approximate surface area is 144 Å². The summed E-state index contributed by atoms with van der Waals surface area (Å²) < 4.78 is 0. The predicted molar refractivity (Wildman–Crippen MR) is 92.0 cm³/mol. The van der Waals surface area contributed by atoms with Gasteiger partial charge in [-0.3, -0.25) is 14.8 Å². The van der Waals surface area contributed by atoms with Crippen LogP contribution >= 0.6 is 0 Å². The van der Waals surface area contributed by atoms with Crippen molar-refractivity contribution in [3.63, 3.8) is 0 Å². The molecule has 0 aliphatic carbocycles. The molecule has 1 aromatic carbocycles. The number of nitrogens with zero attached hydrogens (tertiary/aromatic N) is 3. The molecule has 2 aliphatic heterocycles. The molecule has 25 heavy (non-hydrogen) atoms. The Bertz CT molecular complexity index is 915. The van der Waals surface area contributed by atoms with E-state index >= 15 is 0 Å². The van der Waals surface area contributed by atoms with Crippen LogP contribution in [0.2, 0.25) is 0 Å². The highest BCUT2D eigenvalue weighted by atomic mass is 16.4. The summed E-state index contributed by atoms with van der Waals surface area (Å²) in [5.74, 6) is -1.00. The summed E-state index contributed by atoms with van der Waals surface area (Å²) >= 11 is 0. The van der Waals surface area contributed by atoms with E-state index in [2.05, 4.69) is 9.98 Å². The molecule has 2 aliphatic rings. The monoisotopic (exact) mass is 333 g/mol. The number of hydrogen-bond donors (Lipinski definition) is 1. The van der Waals surface area contributed by atoms with E-state index in [0.717, 1.165) is 16.9 Å². The highest BCUT2D eigenvalue weighted by molar-refractivity contribution is 6.15. The molecular formula is C19H15N3O3. The van der Waals surface area contributed by atoms with E-state index in [-0.39, 0.29) is 11.5 Å². The maximum atomic E-state index is 12.6. The van der Waals surface area contributed by atoms with Crippen molar-refractivity contribution in [1.82, 2.24) is 9.88 Å². The minimum absolute atomic E-state index is 0.00327. The van der Waals surface area contributed by atoms with E-state index < -0.39 is 5.97 Å². The minimum Gasteiger partial charge on any atom is -0.478 e. The zero-order chi connectivity index (χ0) is 17.4. The highest BCUT2D eigenvalue weighted by Gasteiger charge is 2.32. The summed E-state index contributed by atoms with van der Waals surface area (Å²) in [6.07, 6.45) is 1.33. The number of rotatable bonds is 3. The van der Waals surface area contributed by atoms with E-state index in [1.54, 1.807) is 11.0 Å². The van der Waals surface area contributed by atoms with Gasteiger partial charge in [-0.15, -0.1) is 0 Å². The lowest BCUT2D eigenvalue weighted by Crippen LogP contribution is -2.31. The first-order valence-corrected chi connectivity index (χ1v) is 7.93. The quantitative estimate of drug-likeness (QED) is 0.932. The lowest BCUT2D eigenvalue weighted by atomic mass is 10.1. The molecule has 0 bridgehead atoms. The molecule has 0 radical (unpaired) electrons. The molecule has 0 unspecified atom stereocenters. The van der Waals surface area contributed by atoms with Crippen LogP contribution in [0.1, 0.15) is 26.4 Å². The first kappa shape index (κ1) is 15.3. The van der Waals surface area contributed by atoms with E-state index in [0.29, 0.717) is 30.9 Å². The molecule has 1 aromatic heterocycles. The van der Waals surface area contributed by atoms with Crippen LogP contribution in [0.5, 0.6) is 0 Å². The Morgan fingerprint density at radius 3 is 2.48 bits per heavy atom. The molecule has 2 aromatic rings. The first-order valence-electron chi connectivity index (χ1n) is 7.93. The van der Waals surface area contributed by atoms with Crippen LogP contribution in [0.4, 0.5) is 0 Å². The number of carbonyl (C=O) groups is 2. The number of aromatic nitrogens is 1. The van der Waals surface area contributed by atoms with Crippen LogP contribution in [-0.4, -0.2) is 52.2 Å². The summed E-state index contributed by atoms with van der Waals surface area (Å²) in [5, 5.41) is 8.97. The molecule has 4 rings (SSSR count). The highest BCUT2D eigenvalue weighted by Crippen LogP contribution is 2.28. The second-order valence-electron chi connectivity index (χ2n) is 6.01. The molecule has 0 saturated carbocycles. The summed E-state index contributed by atoms with van der Waals surface area (Å²) in [6, 6.07) is 12.4. The van der Waals surface area contributed by atoms with Gasteiger partial charge in [0, 0.05) is 30.4 Å². The van der Waals surface area contributed by atoms with Gasteiger partial charge in [0.25, 0.3) is 5.91 Å². The number of benzene rings is 1. The smallest absolute Gasteiger partial charge is 0.337 e. The van der Waals surface area contributed by atoms with Crippen LogP contribution in [-0.2, 0) is 0 Å². The Morgan fingerprint density at radius 2 is 1.80 bits per heavy atom. The third-order valence-electron chi connectivity index (χ3n) is 4.43. The molecule has 6 nitrogen and oxygen atoms in total. The van der Waals surface area contributed by atoms with Crippen LogP contribution < -0.4 is 0 Å². The average Bonchev–Trinajstić information content (AvgIpc) is 3.22. The van der Waals surface area contributed by atoms with E-state index in [1.807, 2.05) is 30.3 Å². The Kier molecular flexibility index (Phi) is 3.65. The number of carboxylic acid groups (broad SMARTS) is 1. The van der Waals surface area contributed by atoms with Crippen LogP contribution in [0, 0.1) is 0 Å². The largest absolute Gasteiger partial charge is 0.478 e. The van der Waals surface area contributed by atoms with Gasteiger partial charge in [-0.25, -0.2) is 4.79 Å². The summed E-state index contributed by atoms with van der Waals surface area (Å²) in [5.41, 5.74) is 4.37. The fourth-order valence-electron chi connectivity index (χ4n) is 3.15. The topological polar surface area (TPSA) is 82.9 Å². The van der Waals surface area contributed by atoms with Gasteiger partial charge >= 0.3 is 5.97 Å². The predicted octanol–water partition coefficient (Wildman–Crippen LogP) is 2.04. The molecule has 0 spiro atoms. The molecule has 3 heterocycles. The summed E-state index contributed by atoms with van der Waals surface area (Å²) in [6.45, 7) is 1.64. The Hall–Kier alpha value is -3.28. The zero-order valence-corrected chi connectivity index (χ0v) is 13.3. The van der Waals surface area contributed by atoms with Gasteiger partial charge in [0.05, 0.1) is 23.5 Å². The molecular weight excluding hydrogens is 318 g/mol. The van der Waals surface area contributed by atoms with Crippen molar-refractivity contribution in [3.8, 4) is 0 Å². The third-order valence-corrected chi connectivity index (χ3v) is 4.43. The molecule has 1 amide bonds. The SMILES string of the molecule is O=C(O)c1ccc(C2=NCC3=C2CN(C(=O)c2ccccc2)C3)nc1. The normalized spacial score (nSPS) is 16.0. The van der Waals surface area contributed by atoms with Crippen LogP contribution in [0.15, 0.2) is 64.8 Å². The number of amides is 1. The van der Waals surface area contributed by atoms with Gasteiger partial charge < -0.3 is 10.0 Å². The Morgan fingerprint density at radius 1 is 1.00 bits per heavy atom. The molecule has 0 fully saturated rings. The van der Waals surface area contributed by atoms with Gasteiger partial charge in [0.2, 0.25) is 0 Å². The zero-order valence-electron chi connectivity index (χ0n) is 13.3. The first-order chi connectivity index (χ1) is 12.1. The van der Waals surface area contributed by atoms with Crippen molar-refractivity contribution in [2.75, 3.05) is 19.6 Å². The van der Waals surface area contributed by atoms with E-state index in [9.17, 15) is 9.59 Å². The number of aliphatic imine (C=N–C) groups is 1. The number of pyridine rings is 1. The van der Waals surface area contributed by atoms with Gasteiger partial charge in [-0.1, -0.05) is 18.2 Å². The van der Waals surface area contributed by atoms with Gasteiger partial charge in [0.15, 0.2) is 0 Å². The second-order valence-corrected chi connectivity index (χ2v) is 6.01. The van der Waals surface area contributed by atoms with Gasteiger partial charge in [0.1, 0.15) is 0 Å². The van der Waals surface area contributed by atoms with Crippen molar-refractivity contribution < 1.29 is 14.7 Å². The van der Waals surface area contributed by atoms with Gasteiger partial charge in [-0.05, 0) is 29.8 Å². The number of aromatic carboxylic acids is 1. The number of carbonyl (C=O) groups excluding carboxylic acids is 1. The molecule has 124 valence electrons. The van der Waals surface area contributed by atoms with Crippen molar-refractivity contribution in [2.24, 2.45) is 4.99 Å². The standard InChI is InChI=1S/C19H15N3O3/c23-18(12-4-2-1-3-5-12)22-10-14-9-21-17(15(14)11-22)16-7-6-13(8-20-16)19(24)25/h1-8H,9-11H2,(H,24,25). The second kappa shape index (κ2) is 5.98. The number of carboxylic acids is 1. The number of hydrogen-bond acceptors (Lipinski definition) is 4. The van der Waals surface area contributed by atoms with Crippen LogP contribution in [0.25, 0.3) is 0 Å². The average molecular weight is 333 g/mol. The molecule has 0 atom stereocenters. The lowest BCUT2D eigenvalue weighted by Gasteiger charge is -2.18. The third kappa shape index (κ3) is 2.71.